The number of carbonyl (C=O) groups excluding carboxylic acids is 1. The number of azide groups is 1. The largest absolute Gasteiger partial charge is 0.444 e. The Kier molecular flexibility index (Phi) is 6.85. The maximum atomic E-state index is 13.0. The number of hydrogen-bond acceptors (Lipinski definition) is 5. The number of aromatic nitrogens is 1. The smallest absolute Gasteiger partial charge is 0.410 e. The van der Waals surface area contributed by atoms with Crippen LogP contribution in [0.1, 0.15) is 58.4 Å². The molecule has 0 spiro atoms. The molecular formula is C21H32N6O2. The number of nitrogens with zero attached hydrogens (tertiary/aromatic N) is 6. The summed E-state index contributed by atoms with van der Waals surface area (Å²) >= 11 is 0. The van der Waals surface area contributed by atoms with Crippen molar-refractivity contribution in [3.8, 4) is 0 Å². The molecule has 1 saturated heterocycles. The molecule has 2 heterocycles. The van der Waals surface area contributed by atoms with Crippen LogP contribution in [-0.2, 0) is 11.3 Å². The molecule has 1 aliphatic carbocycles. The highest BCUT2D eigenvalue weighted by molar-refractivity contribution is 5.68. The maximum Gasteiger partial charge on any atom is 0.410 e. The fourth-order valence-electron chi connectivity index (χ4n) is 3.87. The van der Waals surface area contributed by atoms with Crippen LogP contribution in [0.4, 0.5) is 10.6 Å². The van der Waals surface area contributed by atoms with E-state index in [1.165, 1.54) is 19.3 Å². The summed E-state index contributed by atoms with van der Waals surface area (Å²) in [5, 5.41) is 3.58. The monoisotopic (exact) mass is 400 g/mol. The minimum atomic E-state index is -0.493. The lowest BCUT2D eigenvalue weighted by atomic mass is 9.84. The quantitative estimate of drug-likeness (QED) is 0.385. The maximum absolute atomic E-state index is 13.0. The molecule has 1 aliphatic heterocycles. The first kappa shape index (κ1) is 21.2. The normalized spacial score (nSPS) is 19.8. The highest BCUT2D eigenvalue weighted by Crippen LogP contribution is 2.30. The van der Waals surface area contributed by atoms with Crippen molar-refractivity contribution in [2.75, 3.05) is 24.5 Å². The average Bonchev–Trinajstić information content (AvgIpc) is 2.64. The van der Waals surface area contributed by atoms with E-state index in [2.05, 4.69) is 19.9 Å². The second-order valence-corrected chi connectivity index (χ2v) is 9.09. The fraction of sp³-hybridized carbons (Fsp3) is 0.714. The zero-order valence-corrected chi connectivity index (χ0v) is 17.8. The molecule has 2 aliphatic rings. The number of rotatable bonds is 6. The van der Waals surface area contributed by atoms with Crippen LogP contribution in [0, 0.1) is 5.92 Å². The van der Waals surface area contributed by atoms with E-state index in [1.807, 2.05) is 37.8 Å². The predicted octanol–water partition coefficient (Wildman–Crippen LogP) is 4.90. The number of pyridine rings is 1. The molecule has 0 bridgehead atoms. The molecule has 1 aromatic heterocycles. The van der Waals surface area contributed by atoms with E-state index in [4.69, 9.17) is 10.3 Å². The summed E-state index contributed by atoms with van der Waals surface area (Å²) in [6, 6.07) is 4.04. The predicted molar refractivity (Wildman–Crippen MR) is 113 cm³/mol. The Hall–Kier alpha value is -2.47. The standard InChI is InChI=1S/C21H32N6O2/c1-21(2,3)29-20(28)27(14-16-6-4-7-16)18-8-5-11-26(15-18)19-10-9-17(12-23-19)13-24-25-22/h9-10,12,16,18H,4-8,11,13-15H2,1-3H3/t18-/m1/s1. The molecule has 0 aromatic carbocycles. The molecule has 158 valence electrons. The Morgan fingerprint density at radius 1 is 1.34 bits per heavy atom. The zero-order chi connectivity index (χ0) is 20.9. The summed E-state index contributed by atoms with van der Waals surface area (Å²) < 4.78 is 5.73. The van der Waals surface area contributed by atoms with Gasteiger partial charge in [0.1, 0.15) is 11.4 Å². The lowest BCUT2D eigenvalue weighted by Crippen LogP contribution is -2.53. The highest BCUT2D eigenvalue weighted by atomic mass is 16.6. The van der Waals surface area contributed by atoms with Crippen molar-refractivity contribution in [1.82, 2.24) is 9.88 Å². The first-order valence-electron chi connectivity index (χ1n) is 10.6. The summed E-state index contributed by atoms with van der Waals surface area (Å²) in [6.45, 7) is 8.52. The number of anilines is 1. The number of hydrogen-bond donors (Lipinski definition) is 0. The third-order valence-corrected chi connectivity index (χ3v) is 5.59. The summed E-state index contributed by atoms with van der Waals surface area (Å²) in [6.07, 6.45) is 7.21. The Labute approximate surface area is 172 Å². The van der Waals surface area contributed by atoms with Crippen LogP contribution in [0.3, 0.4) is 0 Å². The molecule has 3 rings (SSSR count). The lowest BCUT2D eigenvalue weighted by Gasteiger charge is -2.42. The van der Waals surface area contributed by atoms with E-state index in [9.17, 15) is 4.79 Å². The van der Waals surface area contributed by atoms with Crippen LogP contribution < -0.4 is 4.90 Å². The van der Waals surface area contributed by atoms with Crippen LogP contribution in [0.25, 0.3) is 10.4 Å². The van der Waals surface area contributed by atoms with Gasteiger partial charge in [-0.1, -0.05) is 17.6 Å². The van der Waals surface area contributed by atoms with Gasteiger partial charge in [0.25, 0.3) is 0 Å². The van der Waals surface area contributed by atoms with Crippen LogP contribution >= 0.6 is 0 Å². The van der Waals surface area contributed by atoms with Crippen molar-refractivity contribution < 1.29 is 9.53 Å². The number of ether oxygens (including phenoxy) is 1. The van der Waals surface area contributed by atoms with Gasteiger partial charge in [-0.2, -0.15) is 0 Å². The van der Waals surface area contributed by atoms with Crippen LogP contribution in [0.5, 0.6) is 0 Å². The van der Waals surface area contributed by atoms with Crippen molar-refractivity contribution >= 4 is 11.9 Å². The number of piperidine rings is 1. The first-order chi connectivity index (χ1) is 13.9. The van der Waals surface area contributed by atoms with Gasteiger partial charge >= 0.3 is 6.09 Å². The van der Waals surface area contributed by atoms with E-state index in [0.717, 1.165) is 43.9 Å². The van der Waals surface area contributed by atoms with E-state index < -0.39 is 5.60 Å². The minimum Gasteiger partial charge on any atom is -0.444 e. The van der Waals surface area contributed by atoms with Gasteiger partial charge < -0.3 is 14.5 Å². The SMILES string of the molecule is CC(C)(C)OC(=O)N(CC1CCC1)[C@@H]1CCCN(c2ccc(CN=[N+]=[N-])cn2)C1. The molecule has 8 heteroatoms. The van der Waals surface area contributed by atoms with E-state index >= 15 is 0 Å². The summed E-state index contributed by atoms with van der Waals surface area (Å²) in [5.74, 6) is 1.49. The fourth-order valence-corrected chi connectivity index (χ4v) is 3.87. The molecule has 1 amide bonds. The molecule has 1 aromatic rings. The molecular weight excluding hydrogens is 368 g/mol. The molecule has 1 atom stereocenters. The molecule has 29 heavy (non-hydrogen) atoms. The lowest BCUT2D eigenvalue weighted by molar-refractivity contribution is 0.00734. The molecule has 0 radical (unpaired) electrons. The Balaban J connectivity index is 1.69. The Morgan fingerprint density at radius 3 is 2.72 bits per heavy atom. The van der Waals surface area contributed by atoms with E-state index in [1.54, 1.807) is 6.20 Å². The Morgan fingerprint density at radius 2 is 2.14 bits per heavy atom. The zero-order valence-electron chi connectivity index (χ0n) is 17.8. The molecule has 1 saturated carbocycles. The van der Waals surface area contributed by atoms with Gasteiger partial charge in [0.15, 0.2) is 0 Å². The Bertz CT molecular complexity index is 735. The van der Waals surface area contributed by atoms with Crippen molar-refractivity contribution in [1.29, 1.82) is 0 Å². The van der Waals surface area contributed by atoms with Crippen LogP contribution in [0.15, 0.2) is 23.4 Å². The summed E-state index contributed by atoms with van der Waals surface area (Å²) in [5.41, 5.74) is 8.85. The second-order valence-electron chi connectivity index (χ2n) is 9.09. The van der Waals surface area contributed by atoms with Crippen molar-refractivity contribution in [3.05, 3.63) is 34.3 Å². The second kappa shape index (κ2) is 9.35. The number of carbonyl (C=O) groups is 1. The highest BCUT2D eigenvalue weighted by Gasteiger charge is 2.34. The van der Waals surface area contributed by atoms with Gasteiger partial charge in [-0.05, 0) is 69.5 Å². The van der Waals surface area contributed by atoms with Crippen molar-refractivity contribution in [3.63, 3.8) is 0 Å². The molecule has 0 N–H and O–H groups in total. The van der Waals surface area contributed by atoms with Gasteiger partial charge in [0, 0.05) is 30.7 Å². The van der Waals surface area contributed by atoms with E-state index in [-0.39, 0.29) is 12.1 Å². The third kappa shape index (κ3) is 6.00. The third-order valence-electron chi connectivity index (χ3n) is 5.59. The summed E-state index contributed by atoms with van der Waals surface area (Å²) in [7, 11) is 0. The van der Waals surface area contributed by atoms with Gasteiger partial charge in [-0.15, -0.1) is 0 Å². The average molecular weight is 401 g/mol. The van der Waals surface area contributed by atoms with Crippen molar-refractivity contribution in [2.45, 2.75) is 71.1 Å². The molecule has 2 fully saturated rings. The van der Waals surface area contributed by atoms with Gasteiger partial charge in [-0.25, -0.2) is 9.78 Å². The molecule has 8 nitrogen and oxygen atoms in total. The van der Waals surface area contributed by atoms with Gasteiger partial charge in [-0.3, -0.25) is 0 Å². The van der Waals surface area contributed by atoms with Crippen LogP contribution in [-0.4, -0.2) is 47.3 Å². The minimum absolute atomic E-state index is 0.129. The number of amides is 1. The van der Waals surface area contributed by atoms with Crippen LogP contribution in [0.2, 0.25) is 0 Å². The summed E-state index contributed by atoms with van der Waals surface area (Å²) in [4.78, 5) is 24.5. The van der Waals surface area contributed by atoms with Gasteiger partial charge in [0.05, 0.1) is 12.6 Å². The van der Waals surface area contributed by atoms with E-state index in [0.29, 0.717) is 12.5 Å². The van der Waals surface area contributed by atoms with Gasteiger partial charge in [0.2, 0.25) is 0 Å². The molecule has 0 unspecified atom stereocenters. The van der Waals surface area contributed by atoms with Crippen molar-refractivity contribution in [2.24, 2.45) is 11.0 Å². The topological polar surface area (TPSA) is 94.4 Å². The first-order valence-corrected chi connectivity index (χ1v) is 10.6.